The molecular formula is C10H10N2O2. The van der Waals surface area contributed by atoms with Gasteiger partial charge in [0, 0.05) is 12.4 Å². The zero-order valence-electron chi connectivity index (χ0n) is 7.77. The summed E-state index contributed by atoms with van der Waals surface area (Å²) in [7, 11) is 0. The average Bonchev–Trinajstić information content (AvgIpc) is 2.58. The summed E-state index contributed by atoms with van der Waals surface area (Å²) in [5.41, 5.74) is 1.92. The predicted octanol–water partition coefficient (Wildman–Crippen LogP) is 1.59. The van der Waals surface area contributed by atoms with Crippen LogP contribution in [0.3, 0.4) is 0 Å². The highest BCUT2D eigenvalue weighted by Gasteiger charge is 2.05. The number of pyridine rings is 1. The Hall–Kier alpha value is -1.84. The lowest BCUT2D eigenvalue weighted by molar-refractivity contribution is 0.0697. The van der Waals surface area contributed by atoms with Gasteiger partial charge in [-0.3, -0.25) is 0 Å². The maximum atomic E-state index is 10.7. The molecule has 0 unspecified atom stereocenters. The van der Waals surface area contributed by atoms with Crippen molar-refractivity contribution in [3.05, 3.63) is 35.8 Å². The Labute approximate surface area is 80.8 Å². The molecule has 1 N–H and O–H groups in total. The van der Waals surface area contributed by atoms with Crippen molar-refractivity contribution in [2.24, 2.45) is 0 Å². The number of fused-ring (bicyclic) bond motifs is 1. The normalized spacial score (nSPS) is 10.6. The number of aromatic nitrogens is 2. The van der Waals surface area contributed by atoms with Gasteiger partial charge in [-0.2, -0.15) is 0 Å². The van der Waals surface area contributed by atoms with Crippen molar-refractivity contribution in [2.75, 3.05) is 0 Å². The van der Waals surface area contributed by atoms with E-state index in [1.54, 1.807) is 18.3 Å². The Morgan fingerprint density at radius 3 is 3.07 bits per heavy atom. The molecule has 14 heavy (non-hydrogen) atoms. The maximum Gasteiger partial charge on any atom is 0.335 e. The first kappa shape index (κ1) is 8.74. The van der Waals surface area contributed by atoms with E-state index in [2.05, 4.69) is 4.98 Å². The van der Waals surface area contributed by atoms with Gasteiger partial charge in [-0.1, -0.05) is 6.92 Å². The molecule has 0 saturated carbocycles. The molecule has 0 aromatic carbocycles. The van der Waals surface area contributed by atoms with Crippen LogP contribution >= 0.6 is 0 Å². The third kappa shape index (κ3) is 1.35. The molecule has 0 atom stereocenters. The molecule has 2 aromatic rings. The summed E-state index contributed by atoms with van der Waals surface area (Å²) in [6.07, 6.45) is 4.47. The van der Waals surface area contributed by atoms with Crippen LogP contribution in [0.15, 0.2) is 24.5 Å². The van der Waals surface area contributed by atoms with E-state index in [9.17, 15) is 4.79 Å². The second kappa shape index (κ2) is 3.14. The summed E-state index contributed by atoms with van der Waals surface area (Å²) < 4.78 is 1.82. The largest absolute Gasteiger partial charge is 0.478 e. The first-order valence-electron chi connectivity index (χ1n) is 4.41. The lowest BCUT2D eigenvalue weighted by Gasteiger charge is -1.94. The molecule has 0 radical (unpaired) electrons. The standard InChI is InChI=1S/C10H10N2O2/c1-2-8-6-12-4-3-7(10(13)14)5-9(12)11-8/h3-6H,2H2,1H3,(H,13,14). The van der Waals surface area contributed by atoms with Gasteiger partial charge in [0.2, 0.25) is 0 Å². The van der Waals surface area contributed by atoms with Gasteiger partial charge in [0.1, 0.15) is 5.65 Å². The van der Waals surface area contributed by atoms with Crippen molar-refractivity contribution >= 4 is 11.6 Å². The highest BCUT2D eigenvalue weighted by atomic mass is 16.4. The minimum Gasteiger partial charge on any atom is -0.478 e. The first-order chi connectivity index (χ1) is 6.70. The number of hydrogen-bond acceptors (Lipinski definition) is 2. The van der Waals surface area contributed by atoms with Gasteiger partial charge in [0.25, 0.3) is 0 Å². The third-order valence-electron chi connectivity index (χ3n) is 2.12. The Morgan fingerprint density at radius 1 is 1.64 bits per heavy atom. The van der Waals surface area contributed by atoms with E-state index >= 15 is 0 Å². The summed E-state index contributed by atoms with van der Waals surface area (Å²) >= 11 is 0. The molecule has 0 amide bonds. The van der Waals surface area contributed by atoms with Crippen LogP contribution in [-0.2, 0) is 6.42 Å². The van der Waals surface area contributed by atoms with Gasteiger partial charge in [-0.05, 0) is 18.6 Å². The van der Waals surface area contributed by atoms with Crippen LogP contribution in [0.2, 0.25) is 0 Å². The number of carboxylic acid groups (broad SMARTS) is 1. The van der Waals surface area contributed by atoms with Gasteiger partial charge in [0.05, 0.1) is 11.3 Å². The predicted molar refractivity (Wildman–Crippen MR) is 51.5 cm³/mol. The molecule has 0 bridgehead atoms. The summed E-state index contributed by atoms with van der Waals surface area (Å²) in [6.45, 7) is 2.01. The number of hydrogen-bond donors (Lipinski definition) is 1. The molecule has 0 aliphatic rings. The Morgan fingerprint density at radius 2 is 2.43 bits per heavy atom. The molecule has 4 nitrogen and oxygen atoms in total. The quantitative estimate of drug-likeness (QED) is 0.782. The highest BCUT2D eigenvalue weighted by molar-refractivity contribution is 5.88. The van der Waals surface area contributed by atoms with E-state index in [0.717, 1.165) is 12.1 Å². The lowest BCUT2D eigenvalue weighted by atomic mass is 10.3. The van der Waals surface area contributed by atoms with Crippen molar-refractivity contribution < 1.29 is 9.90 Å². The van der Waals surface area contributed by atoms with Crippen LogP contribution in [0.25, 0.3) is 5.65 Å². The fraction of sp³-hybridized carbons (Fsp3) is 0.200. The van der Waals surface area contributed by atoms with Crippen molar-refractivity contribution in [2.45, 2.75) is 13.3 Å². The summed E-state index contributed by atoms with van der Waals surface area (Å²) in [5, 5.41) is 8.77. The Balaban J connectivity index is 2.59. The summed E-state index contributed by atoms with van der Waals surface area (Å²) in [6, 6.07) is 3.14. The number of rotatable bonds is 2. The molecule has 0 aliphatic heterocycles. The lowest BCUT2D eigenvalue weighted by Crippen LogP contribution is -1.96. The molecular weight excluding hydrogens is 180 g/mol. The third-order valence-corrected chi connectivity index (χ3v) is 2.12. The summed E-state index contributed by atoms with van der Waals surface area (Å²) in [5.74, 6) is -0.923. The van der Waals surface area contributed by atoms with Crippen LogP contribution in [0, 0.1) is 0 Å². The second-order valence-corrected chi connectivity index (χ2v) is 3.07. The van der Waals surface area contributed by atoms with Gasteiger partial charge < -0.3 is 9.51 Å². The van der Waals surface area contributed by atoms with E-state index < -0.39 is 5.97 Å². The SMILES string of the molecule is CCc1cn2ccc(C(=O)O)cc2n1. The molecule has 0 fully saturated rings. The first-order valence-corrected chi connectivity index (χ1v) is 4.41. The van der Waals surface area contributed by atoms with E-state index in [1.165, 1.54) is 0 Å². The molecule has 2 heterocycles. The zero-order chi connectivity index (χ0) is 10.1. The van der Waals surface area contributed by atoms with E-state index in [-0.39, 0.29) is 5.56 Å². The smallest absolute Gasteiger partial charge is 0.335 e. The van der Waals surface area contributed by atoms with Gasteiger partial charge in [0.15, 0.2) is 0 Å². The Bertz CT molecular complexity index is 488. The monoisotopic (exact) mass is 190 g/mol. The second-order valence-electron chi connectivity index (χ2n) is 3.07. The fourth-order valence-electron chi connectivity index (χ4n) is 1.34. The molecule has 0 spiro atoms. The molecule has 72 valence electrons. The zero-order valence-corrected chi connectivity index (χ0v) is 7.77. The highest BCUT2D eigenvalue weighted by Crippen LogP contribution is 2.08. The topological polar surface area (TPSA) is 54.6 Å². The van der Waals surface area contributed by atoms with Crippen molar-refractivity contribution in [1.82, 2.24) is 9.38 Å². The van der Waals surface area contributed by atoms with Crippen molar-refractivity contribution in [3.63, 3.8) is 0 Å². The minimum absolute atomic E-state index is 0.269. The molecule has 2 aromatic heterocycles. The van der Waals surface area contributed by atoms with Crippen LogP contribution in [0.5, 0.6) is 0 Å². The molecule has 4 heteroatoms. The van der Waals surface area contributed by atoms with Gasteiger partial charge >= 0.3 is 5.97 Å². The maximum absolute atomic E-state index is 10.7. The number of nitrogens with zero attached hydrogens (tertiary/aromatic N) is 2. The van der Waals surface area contributed by atoms with Crippen LogP contribution in [-0.4, -0.2) is 20.5 Å². The van der Waals surface area contributed by atoms with E-state index in [1.807, 2.05) is 17.5 Å². The molecule has 0 aliphatic carbocycles. The van der Waals surface area contributed by atoms with Gasteiger partial charge in [-0.25, -0.2) is 9.78 Å². The molecule has 0 saturated heterocycles. The molecule has 2 rings (SSSR count). The van der Waals surface area contributed by atoms with E-state index in [4.69, 9.17) is 5.11 Å². The van der Waals surface area contributed by atoms with E-state index in [0.29, 0.717) is 5.65 Å². The van der Waals surface area contributed by atoms with Crippen LogP contribution in [0.1, 0.15) is 23.0 Å². The fourth-order valence-corrected chi connectivity index (χ4v) is 1.34. The van der Waals surface area contributed by atoms with Crippen molar-refractivity contribution in [3.8, 4) is 0 Å². The minimum atomic E-state index is -0.923. The number of aromatic carboxylic acids is 1. The number of imidazole rings is 1. The average molecular weight is 190 g/mol. The number of carbonyl (C=O) groups is 1. The Kier molecular flexibility index (Phi) is 1.96. The summed E-state index contributed by atoms with van der Waals surface area (Å²) in [4.78, 5) is 15.0. The van der Waals surface area contributed by atoms with Crippen LogP contribution < -0.4 is 0 Å². The number of carboxylic acids is 1. The van der Waals surface area contributed by atoms with Crippen molar-refractivity contribution in [1.29, 1.82) is 0 Å². The van der Waals surface area contributed by atoms with Crippen LogP contribution in [0.4, 0.5) is 0 Å². The van der Waals surface area contributed by atoms with Gasteiger partial charge in [-0.15, -0.1) is 0 Å². The number of aryl methyl sites for hydroxylation is 1.